The summed E-state index contributed by atoms with van der Waals surface area (Å²) in [7, 11) is 1.64. The molecule has 9 heteroatoms. The Morgan fingerprint density at radius 1 is 1.65 bits per heavy atom. The second-order valence-electron chi connectivity index (χ2n) is 3.78. The van der Waals surface area contributed by atoms with Gasteiger partial charge in [0.2, 0.25) is 12.2 Å². The largest absolute Gasteiger partial charge is 0.442 e. The highest BCUT2D eigenvalue weighted by Gasteiger charge is 2.15. The summed E-state index contributed by atoms with van der Waals surface area (Å²) in [6.45, 7) is 0.0841. The maximum absolute atomic E-state index is 10.8. The topological polar surface area (TPSA) is 129 Å². The number of nitrogens with one attached hydrogen (secondary N) is 1. The maximum atomic E-state index is 10.8. The van der Waals surface area contributed by atoms with Crippen LogP contribution in [0.2, 0.25) is 0 Å². The van der Waals surface area contributed by atoms with E-state index in [1.807, 2.05) is 0 Å². The highest BCUT2D eigenvalue weighted by Crippen LogP contribution is 2.11. The molecule has 0 saturated carbocycles. The second kappa shape index (κ2) is 5.66. The van der Waals surface area contributed by atoms with Crippen LogP contribution in [0, 0.1) is 11.5 Å². The lowest BCUT2D eigenvalue weighted by Gasteiger charge is -2.17. The molecule has 0 radical (unpaired) electrons. The molecule has 102 valence electrons. The van der Waals surface area contributed by atoms with Crippen LogP contribution in [-0.2, 0) is 4.74 Å². The number of hydrazone groups is 1. The van der Waals surface area contributed by atoms with E-state index in [9.17, 15) is 4.79 Å². The summed E-state index contributed by atoms with van der Waals surface area (Å²) < 4.78 is 4.80. The fraction of sp³-hybridized carbons (Fsp3) is 0.182. The van der Waals surface area contributed by atoms with E-state index in [2.05, 4.69) is 20.5 Å². The minimum Gasteiger partial charge on any atom is -0.442 e. The van der Waals surface area contributed by atoms with Crippen LogP contribution in [0.3, 0.4) is 0 Å². The van der Waals surface area contributed by atoms with Gasteiger partial charge in [-0.1, -0.05) is 0 Å². The smallest absolute Gasteiger partial charge is 0.428 e. The van der Waals surface area contributed by atoms with Crippen molar-refractivity contribution in [2.75, 3.05) is 18.6 Å². The van der Waals surface area contributed by atoms with Gasteiger partial charge >= 0.3 is 6.09 Å². The van der Waals surface area contributed by atoms with Gasteiger partial charge in [-0.3, -0.25) is 4.90 Å². The molecule has 0 atom stereocenters. The third-order valence-electron chi connectivity index (χ3n) is 2.56. The van der Waals surface area contributed by atoms with Crippen LogP contribution in [-0.4, -0.2) is 36.4 Å². The lowest BCUT2D eigenvalue weighted by molar-refractivity contribution is 0.157. The van der Waals surface area contributed by atoms with E-state index in [4.69, 9.17) is 15.7 Å². The number of hydrogen-bond donors (Lipinski definition) is 2. The van der Waals surface area contributed by atoms with Crippen molar-refractivity contribution in [3.63, 3.8) is 0 Å². The van der Waals surface area contributed by atoms with E-state index in [-0.39, 0.29) is 12.6 Å². The summed E-state index contributed by atoms with van der Waals surface area (Å²) in [6.07, 6.45) is 2.58. The molecule has 2 rings (SSSR count). The first kappa shape index (κ1) is 13.3. The predicted molar refractivity (Wildman–Crippen MR) is 70.9 cm³/mol. The zero-order valence-electron chi connectivity index (χ0n) is 10.6. The number of hydrogen-bond acceptors (Lipinski definition) is 6. The van der Waals surface area contributed by atoms with Gasteiger partial charge in [0.05, 0.1) is 0 Å². The number of aliphatic imine (C=N–C) groups is 1. The van der Waals surface area contributed by atoms with Gasteiger partial charge in [0.1, 0.15) is 18.1 Å². The monoisotopic (exact) mass is 273 g/mol. The number of guanidine groups is 1. The molecular weight excluding hydrogens is 262 g/mol. The fourth-order valence-electron chi connectivity index (χ4n) is 1.46. The highest BCUT2D eigenvalue weighted by atomic mass is 16.6. The zero-order chi connectivity index (χ0) is 14.5. The van der Waals surface area contributed by atoms with Gasteiger partial charge in [-0.15, -0.1) is 4.99 Å². The number of pyridine rings is 1. The molecule has 0 spiro atoms. The quantitative estimate of drug-likeness (QED) is 0.434. The number of nitrogens with two attached hydrogens (primary N) is 1. The van der Waals surface area contributed by atoms with Crippen LogP contribution in [0.1, 0.15) is 5.56 Å². The Hall–Kier alpha value is -3.15. The van der Waals surface area contributed by atoms with Crippen LogP contribution in [0.5, 0.6) is 0 Å². The Balaban J connectivity index is 2.17. The lowest BCUT2D eigenvalue weighted by atomic mass is 10.2. The average Bonchev–Trinajstić information content (AvgIpc) is 2.48. The third-order valence-corrected chi connectivity index (χ3v) is 2.56. The van der Waals surface area contributed by atoms with E-state index < -0.39 is 6.09 Å². The molecule has 1 aromatic heterocycles. The van der Waals surface area contributed by atoms with Crippen molar-refractivity contribution in [3.05, 3.63) is 23.9 Å². The van der Waals surface area contributed by atoms with Crippen LogP contribution in [0.25, 0.3) is 0 Å². The van der Waals surface area contributed by atoms with Gasteiger partial charge < -0.3 is 10.5 Å². The molecule has 3 N–H and O–H groups in total. The highest BCUT2D eigenvalue weighted by molar-refractivity contribution is 6.03. The van der Waals surface area contributed by atoms with Crippen LogP contribution >= 0.6 is 0 Å². The normalized spacial score (nSPS) is 14.7. The molecule has 0 bridgehead atoms. The number of aromatic nitrogens is 1. The van der Waals surface area contributed by atoms with E-state index >= 15 is 0 Å². The summed E-state index contributed by atoms with van der Waals surface area (Å²) in [5.74, 6) is 0.560. The first-order valence-corrected chi connectivity index (χ1v) is 5.53. The molecule has 1 aromatic rings. The van der Waals surface area contributed by atoms with Crippen LogP contribution in [0.4, 0.5) is 10.6 Å². The SMILES string of the molecule is CN(C(N)=NC#N)c1ccc(C2=NNC(=O)OC2)cn1. The molecule has 9 nitrogen and oxygen atoms in total. The van der Waals surface area contributed by atoms with E-state index in [0.29, 0.717) is 17.1 Å². The Labute approximate surface area is 114 Å². The number of anilines is 1. The number of carbonyl (C=O) groups excluding carboxylic acids is 1. The van der Waals surface area contributed by atoms with E-state index in [0.717, 1.165) is 0 Å². The molecule has 0 aromatic carbocycles. The van der Waals surface area contributed by atoms with E-state index in [1.54, 1.807) is 31.6 Å². The first-order chi connectivity index (χ1) is 9.61. The molecule has 1 aliphatic rings. The summed E-state index contributed by atoms with van der Waals surface area (Å²) in [5, 5.41) is 12.3. The fourth-order valence-corrected chi connectivity index (χ4v) is 1.46. The minimum atomic E-state index is -0.585. The minimum absolute atomic E-state index is 0.0401. The van der Waals surface area contributed by atoms with Gasteiger partial charge in [0, 0.05) is 18.8 Å². The summed E-state index contributed by atoms with van der Waals surface area (Å²) in [4.78, 5) is 19.9. The van der Waals surface area contributed by atoms with Gasteiger partial charge in [0.15, 0.2) is 0 Å². The molecule has 0 fully saturated rings. The number of nitriles is 1. The van der Waals surface area contributed by atoms with Gasteiger partial charge in [-0.2, -0.15) is 10.4 Å². The molecule has 0 saturated heterocycles. The second-order valence-corrected chi connectivity index (χ2v) is 3.78. The Bertz CT molecular complexity index is 615. The molecule has 0 aliphatic carbocycles. The number of amides is 1. The number of rotatable bonds is 2. The molecule has 20 heavy (non-hydrogen) atoms. The number of cyclic esters (lactones) is 1. The van der Waals surface area contributed by atoms with Crippen molar-refractivity contribution in [1.82, 2.24) is 10.4 Å². The van der Waals surface area contributed by atoms with Crippen molar-refractivity contribution in [1.29, 1.82) is 5.26 Å². The maximum Gasteiger partial charge on any atom is 0.428 e. The Morgan fingerprint density at radius 3 is 3.00 bits per heavy atom. The van der Waals surface area contributed by atoms with Crippen molar-refractivity contribution in [3.8, 4) is 6.19 Å². The Morgan fingerprint density at radius 2 is 2.45 bits per heavy atom. The van der Waals surface area contributed by atoms with E-state index in [1.165, 1.54) is 4.90 Å². The molecule has 0 unspecified atom stereocenters. The van der Waals surface area contributed by atoms with Crippen LogP contribution < -0.4 is 16.1 Å². The first-order valence-electron chi connectivity index (χ1n) is 5.53. The molecular formula is C11H11N7O2. The van der Waals surface area contributed by atoms with Crippen molar-refractivity contribution in [2.24, 2.45) is 15.8 Å². The number of nitrogens with zero attached hydrogens (tertiary/aromatic N) is 5. The summed E-state index contributed by atoms with van der Waals surface area (Å²) in [6, 6.07) is 3.44. The predicted octanol–water partition coefficient (Wildman–Crippen LogP) is -0.243. The van der Waals surface area contributed by atoms with Crippen molar-refractivity contribution >= 4 is 23.6 Å². The van der Waals surface area contributed by atoms with Gasteiger partial charge in [0.25, 0.3) is 0 Å². The Kier molecular flexibility index (Phi) is 3.76. The third kappa shape index (κ3) is 2.81. The van der Waals surface area contributed by atoms with Gasteiger partial charge in [-0.05, 0) is 12.1 Å². The van der Waals surface area contributed by atoms with Crippen molar-refractivity contribution in [2.45, 2.75) is 0 Å². The lowest BCUT2D eigenvalue weighted by Crippen LogP contribution is -2.34. The molecule has 1 aliphatic heterocycles. The van der Waals surface area contributed by atoms with Gasteiger partial charge in [-0.25, -0.2) is 15.2 Å². The standard InChI is InChI=1S/C11H11N7O2/c1-18(10(13)15-6-12)9-3-2-7(4-14-9)8-5-20-11(19)17-16-8/h2-4H,5H2,1H3,(H2,13,15)(H,17,19). The summed E-state index contributed by atoms with van der Waals surface area (Å²) >= 11 is 0. The van der Waals surface area contributed by atoms with Crippen molar-refractivity contribution < 1.29 is 9.53 Å². The van der Waals surface area contributed by atoms with Crippen LogP contribution in [0.15, 0.2) is 28.4 Å². The number of carbonyl (C=O) groups is 1. The molecule has 1 amide bonds. The molecule has 2 heterocycles. The zero-order valence-corrected chi connectivity index (χ0v) is 10.6. The average molecular weight is 273 g/mol. The number of ether oxygens (including phenoxy) is 1. The summed E-state index contributed by atoms with van der Waals surface area (Å²) in [5.41, 5.74) is 9.06.